The number of anilines is 1. The van der Waals surface area contributed by atoms with Crippen molar-refractivity contribution < 1.29 is 23.9 Å². The quantitative estimate of drug-likeness (QED) is 0.570. The smallest absolute Gasteiger partial charge is 0.311 e. The molecule has 0 radical (unpaired) electrons. The Morgan fingerprint density at radius 3 is 2.31 bits per heavy atom. The van der Waals surface area contributed by atoms with Gasteiger partial charge >= 0.3 is 5.69 Å². The second kappa shape index (κ2) is 8.70. The lowest BCUT2D eigenvalue weighted by Gasteiger charge is -2.13. The molecule has 0 aliphatic rings. The molecule has 0 aromatic heterocycles. The lowest BCUT2D eigenvalue weighted by Crippen LogP contribution is -2.12. The zero-order chi connectivity index (χ0) is 19.1. The molecule has 1 N–H and O–H groups in total. The summed E-state index contributed by atoms with van der Waals surface area (Å²) in [7, 11) is 1.33. The number of methoxy groups -OCH3 is 1. The Morgan fingerprint density at radius 1 is 1.04 bits per heavy atom. The molecule has 0 saturated heterocycles. The van der Waals surface area contributed by atoms with Crippen LogP contribution in [-0.4, -0.2) is 31.2 Å². The first-order chi connectivity index (χ1) is 12.5. The van der Waals surface area contributed by atoms with E-state index < -0.39 is 10.8 Å². The van der Waals surface area contributed by atoms with Gasteiger partial charge in [0.1, 0.15) is 0 Å². The molecule has 2 rings (SSSR count). The SMILES string of the molecule is CCOc1ccc(NC(=O)c2ccc(OC)c([N+](=O)[O-])c2)cc1OCC. The fourth-order valence-corrected chi connectivity index (χ4v) is 2.31. The molecule has 0 bridgehead atoms. The fraction of sp³-hybridized carbons (Fsp3) is 0.278. The molecule has 0 atom stereocenters. The minimum atomic E-state index is -0.598. The van der Waals surface area contributed by atoms with Crippen molar-refractivity contribution in [2.45, 2.75) is 13.8 Å². The summed E-state index contributed by atoms with van der Waals surface area (Å²) in [6.07, 6.45) is 0. The molecule has 0 unspecified atom stereocenters. The van der Waals surface area contributed by atoms with Gasteiger partial charge in [0.05, 0.1) is 25.2 Å². The average Bonchev–Trinajstić information content (AvgIpc) is 2.63. The summed E-state index contributed by atoms with van der Waals surface area (Å²) >= 11 is 0. The van der Waals surface area contributed by atoms with E-state index in [2.05, 4.69) is 5.32 Å². The predicted octanol–water partition coefficient (Wildman–Crippen LogP) is 3.65. The lowest BCUT2D eigenvalue weighted by molar-refractivity contribution is -0.385. The van der Waals surface area contributed by atoms with Gasteiger partial charge in [0.15, 0.2) is 17.2 Å². The van der Waals surface area contributed by atoms with Gasteiger partial charge < -0.3 is 19.5 Å². The zero-order valence-corrected chi connectivity index (χ0v) is 14.8. The lowest BCUT2D eigenvalue weighted by atomic mass is 10.1. The maximum Gasteiger partial charge on any atom is 0.311 e. The van der Waals surface area contributed by atoms with Crippen LogP contribution in [0.15, 0.2) is 36.4 Å². The molecule has 2 aromatic rings. The van der Waals surface area contributed by atoms with E-state index in [4.69, 9.17) is 14.2 Å². The van der Waals surface area contributed by atoms with Crippen molar-refractivity contribution in [3.8, 4) is 17.2 Å². The maximum atomic E-state index is 12.4. The van der Waals surface area contributed by atoms with Crippen LogP contribution in [0, 0.1) is 10.1 Å². The van der Waals surface area contributed by atoms with Crippen molar-refractivity contribution in [3.05, 3.63) is 52.1 Å². The molecular formula is C18H20N2O6. The Balaban J connectivity index is 2.25. The van der Waals surface area contributed by atoms with Crippen LogP contribution in [0.4, 0.5) is 11.4 Å². The normalized spacial score (nSPS) is 10.1. The number of benzene rings is 2. The van der Waals surface area contributed by atoms with Crippen LogP contribution in [0.5, 0.6) is 17.2 Å². The molecule has 138 valence electrons. The molecular weight excluding hydrogens is 340 g/mol. The highest BCUT2D eigenvalue weighted by atomic mass is 16.6. The van der Waals surface area contributed by atoms with Crippen molar-refractivity contribution >= 4 is 17.3 Å². The van der Waals surface area contributed by atoms with Crippen molar-refractivity contribution in [1.82, 2.24) is 0 Å². The number of carbonyl (C=O) groups excluding carboxylic acids is 1. The molecule has 2 aromatic carbocycles. The standard InChI is InChI=1S/C18H20N2O6/c1-4-25-16-9-7-13(11-17(16)26-5-2)19-18(21)12-6-8-15(24-3)14(10-12)20(22)23/h6-11H,4-5H2,1-3H3,(H,19,21). The van der Waals surface area contributed by atoms with Gasteiger partial charge in [-0.15, -0.1) is 0 Å². The number of nitrogens with one attached hydrogen (secondary N) is 1. The molecule has 8 heteroatoms. The largest absolute Gasteiger partial charge is 0.490 e. The topological polar surface area (TPSA) is 99.9 Å². The first-order valence-electron chi connectivity index (χ1n) is 8.03. The minimum Gasteiger partial charge on any atom is -0.490 e. The maximum absolute atomic E-state index is 12.4. The number of nitro benzene ring substituents is 1. The van der Waals surface area contributed by atoms with Gasteiger partial charge in [-0.3, -0.25) is 14.9 Å². The van der Waals surface area contributed by atoms with Gasteiger partial charge in [0, 0.05) is 23.4 Å². The first kappa shape index (κ1) is 19.0. The van der Waals surface area contributed by atoms with E-state index in [1.807, 2.05) is 13.8 Å². The summed E-state index contributed by atoms with van der Waals surface area (Å²) in [5, 5.41) is 13.8. The summed E-state index contributed by atoms with van der Waals surface area (Å²) in [4.78, 5) is 22.9. The average molecular weight is 360 g/mol. The van der Waals surface area contributed by atoms with Crippen molar-refractivity contribution in [2.24, 2.45) is 0 Å². The monoisotopic (exact) mass is 360 g/mol. The van der Waals surface area contributed by atoms with Crippen LogP contribution < -0.4 is 19.5 Å². The Bertz CT molecular complexity index is 806. The third kappa shape index (κ3) is 4.41. The highest BCUT2D eigenvalue weighted by molar-refractivity contribution is 6.05. The summed E-state index contributed by atoms with van der Waals surface area (Å²) in [6, 6.07) is 9.02. The van der Waals surface area contributed by atoms with Gasteiger partial charge in [-0.2, -0.15) is 0 Å². The molecule has 8 nitrogen and oxygen atoms in total. The second-order valence-electron chi connectivity index (χ2n) is 5.13. The minimum absolute atomic E-state index is 0.0891. The summed E-state index contributed by atoms with van der Waals surface area (Å²) in [5.41, 5.74) is 0.353. The van der Waals surface area contributed by atoms with E-state index in [-0.39, 0.29) is 17.0 Å². The van der Waals surface area contributed by atoms with E-state index >= 15 is 0 Å². The highest BCUT2D eigenvalue weighted by Gasteiger charge is 2.18. The van der Waals surface area contributed by atoms with Crippen molar-refractivity contribution in [1.29, 1.82) is 0 Å². The number of nitrogens with zero attached hydrogens (tertiary/aromatic N) is 1. The van der Waals surface area contributed by atoms with E-state index in [1.54, 1.807) is 18.2 Å². The van der Waals surface area contributed by atoms with Gasteiger partial charge in [-0.25, -0.2) is 0 Å². The third-order valence-corrected chi connectivity index (χ3v) is 3.44. The number of hydrogen-bond donors (Lipinski definition) is 1. The highest BCUT2D eigenvalue weighted by Crippen LogP contribution is 2.31. The van der Waals surface area contributed by atoms with Crippen LogP contribution in [0.2, 0.25) is 0 Å². The van der Waals surface area contributed by atoms with Gasteiger partial charge in [0.2, 0.25) is 0 Å². The Labute approximate surface area is 150 Å². The number of amides is 1. The van der Waals surface area contributed by atoms with Crippen LogP contribution in [-0.2, 0) is 0 Å². The number of ether oxygens (including phenoxy) is 3. The first-order valence-corrected chi connectivity index (χ1v) is 8.03. The van der Waals surface area contributed by atoms with Crippen LogP contribution in [0.25, 0.3) is 0 Å². The van der Waals surface area contributed by atoms with E-state index in [1.165, 1.54) is 25.3 Å². The van der Waals surface area contributed by atoms with Crippen LogP contribution >= 0.6 is 0 Å². The van der Waals surface area contributed by atoms with E-state index in [0.717, 1.165) is 0 Å². The summed E-state index contributed by atoms with van der Waals surface area (Å²) in [5.74, 6) is 0.689. The summed E-state index contributed by atoms with van der Waals surface area (Å²) in [6.45, 7) is 4.64. The second-order valence-corrected chi connectivity index (χ2v) is 5.13. The molecule has 1 amide bonds. The van der Waals surface area contributed by atoms with Crippen molar-refractivity contribution in [3.63, 3.8) is 0 Å². The number of hydrogen-bond acceptors (Lipinski definition) is 6. The molecule has 0 heterocycles. The Kier molecular flexibility index (Phi) is 6.37. The number of nitro groups is 1. The number of rotatable bonds is 8. The van der Waals surface area contributed by atoms with Crippen LogP contribution in [0.3, 0.4) is 0 Å². The third-order valence-electron chi connectivity index (χ3n) is 3.44. The predicted molar refractivity (Wildman–Crippen MR) is 96.4 cm³/mol. The van der Waals surface area contributed by atoms with Crippen LogP contribution in [0.1, 0.15) is 24.2 Å². The fourth-order valence-electron chi connectivity index (χ4n) is 2.31. The molecule has 0 saturated carbocycles. The molecule has 0 spiro atoms. The van der Waals surface area contributed by atoms with Crippen molar-refractivity contribution in [2.75, 3.05) is 25.6 Å². The molecule has 0 aliphatic heterocycles. The van der Waals surface area contributed by atoms with Gasteiger partial charge in [0.25, 0.3) is 5.91 Å². The number of carbonyl (C=O) groups is 1. The Morgan fingerprint density at radius 2 is 1.69 bits per heavy atom. The zero-order valence-electron chi connectivity index (χ0n) is 14.8. The molecule has 26 heavy (non-hydrogen) atoms. The Hall–Kier alpha value is -3.29. The summed E-state index contributed by atoms with van der Waals surface area (Å²) < 4.78 is 15.9. The molecule has 0 fully saturated rings. The van der Waals surface area contributed by atoms with Gasteiger partial charge in [-0.1, -0.05) is 0 Å². The molecule has 0 aliphatic carbocycles. The van der Waals surface area contributed by atoms with E-state index in [9.17, 15) is 14.9 Å². The van der Waals surface area contributed by atoms with Gasteiger partial charge in [-0.05, 0) is 38.1 Å². The van der Waals surface area contributed by atoms with E-state index in [0.29, 0.717) is 30.4 Å².